The molecule has 1 rings (SSSR count). The second-order valence-corrected chi connectivity index (χ2v) is 5.04. The van der Waals surface area contributed by atoms with Crippen LogP contribution in [0.5, 0.6) is 5.75 Å². The zero-order valence-corrected chi connectivity index (χ0v) is 12.1. The molecule has 0 radical (unpaired) electrons. The normalized spacial score (nSPS) is 11.6. The predicted molar refractivity (Wildman–Crippen MR) is 72.4 cm³/mol. The number of rotatable bonds is 8. The smallest absolute Gasteiger partial charge is 0.389 e. The van der Waals surface area contributed by atoms with Gasteiger partial charge in [0.05, 0.1) is 0 Å². The lowest BCUT2D eigenvalue weighted by atomic mass is 10.2. The minimum absolute atomic E-state index is 0.171. The van der Waals surface area contributed by atoms with Gasteiger partial charge in [-0.2, -0.15) is 13.2 Å². The molecular formula is C13H17BrF3NO. The van der Waals surface area contributed by atoms with Gasteiger partial charge in [0.2, 0.25) is 0 Å². The molecule has 19 heavy (non-hydrogen) atoms. The molecule has 0 amide bonds. The fourth-order valence-electron chi connectivity index (χ4n) is 1.47. The molecule has 0 aliphatic carbocycles. The maximum atomic E-state index is 11.9. The molecule has 1 aromatic rings. The van der Waals surface area contributed by atoms with Gasteiger partial charge in [-0.3, -0.25) is 0 Å². The van der Waals surface area contributed by atoms with Gasteiger partial charge in [0, 0.05) is 17.4 Å². The minimum atomic E-state index is -4.04. The first-order chi connectivity index (χ1) is 8.97. The first kappa shape index (κ1) is 16.3. The van der Waals surface area contributed by atoms with Crippen LogP contribution in [0.1, 0.15) is 19.3 Å². The third-order valence-electron chi connectivity index (χ3n) is 2.43. The lowest BCUT2D eigenvalue weighted by Gasteiger charge is -2.08. The Bertz CT molecular complexity index is 354. The van der Waals surface area contributed by atoms with Gasteiger partial charge >= 0.3 is 6.18 Å². The first-order valence-electron chi connectivity index (χ1n) is 6.13. The summed E-state index contributed by atoms with van der Waals surface area (Å²) in [5, 5.41) is 3.05. The highest BCUT2D eigenvalue weighted by molar-refractivity contribution is 9.10. The van der Waals surface area contributed by atoms with Crippen LogP contribution in [0, 0.1) is 0 Å². The van der Waals surface area contributed by atoms with Crippen molar-refractivity contribution in [2.75, 3.05) is 19.7 Å². The summed E-state index contributed by atoms with van der Waals surface area (Å²) in [7, 11) is 0. The van der Waals surface area contributed by atoms with Crippen molar-refractivity contribution in [3.8, 4) is 5.75 Å². The Morgan fingerprint density at radius 3 is 2.37 bits per heavy atom. The molecule has 0 saturated carbocycles. The van der Waals surface area contributed by atoms with E-state index in [-0.39, 0.29) is 6.42 Å². The Morgan fingerprint density at radius 1 is 1.05 bits per heavy atom. The zero-order valence-electron chi connectivity index (χ0n) is 10.5. The van der Waals surface area contributed by atoms with E-state index in [1.165, 1.54) is 0 Å². The highest BCUT2D eigenvalue weighted by atomic mass is 79.9. The van der Waals surface area contributed by atoms with Gasteiger partial charge in [-0.15, -0.1) is 0 Å². The van der Waals surface area contributed by atoms with Crippen molar-refractivity contribution in [2.24, 2.45) is 0 Å². The summed E-state index contributed by atoms with van der Waals surface area (Å²) in [6.45, 7) is 1.71. The molecule has 0 unspecified atom stereocenters. The summed E-state index contributed by atoms with van der Waals surface area (Å²) in [6.07, 6.45) is -4.05. The summed E-state index contributed by atoms with van der Waals surface area (Å²) < 4.78 is 42.0. The number of hydrogen-bond acceptors (Lipinski definition) is 2. The van der Waals surface area contributed by atoms with Crippen LogP contribution in [0.4, 0.5) is 13.2 Å². The summed E-state index contributed by atoms with van der Waals surface area (Å²) in [5.74, 6) is 0.780. The molecule has 0 saturated heterocycles. The molecule has 6 heteroatoms. The van der Waals surface area contributed by atoms with Crippen LogP contribution in [0.3, 0.4) is 0 Å². The van der Waals surface area contributed by atoms with E-state index >= 15 is 0 Å². The van der Waals surface area contributed by atoms with Crippen LogP contribution in [0.15, 0.2) is 28.7 Å². The van der Waals surface area contributed by atoms with E-state index in [9.17, 15) is 13.2 Å². The number of ether oxygens (including phenoxy) is 1. The zero-order chi connectivity index (χ0) is 14.1. The second-order valence-electron chi connectivity index (χ2n) is 4.12. The van der Waals surface area contributed by atoms with Gasteiger partial charge < -0.3 is 10.1 Å². The van der Waals surface area contributed by atoms with Gasteiger partial charge in [-0.1, -0.05) is 15.9 Å². The monoisotopic (exact) mass is 339 g/mol. The Kier molecular flexibility index (Phi) is 7.23. The number of alkyl halides is 3. The quantitative estimate of drug-likeness (QED) is 0.718. The molecule has 2 nitrogen and oxygen atoms in total. The van der Waals surface area contributed by atoms with Crippen molar-refractivity contribution in [2.45, 2.75) is 25.4 Å². The largest absolute Gasteiger partial charge is 0.492 e. The summed E-state index contributed by atoms with van der Waals surface area (Å²) in [4.78, 5) is 0. The fourth-order valence-corrected chi connectivity index (χ4v) is 1.74. The molecule has 0 atom stereocenters. The molecule has 0 spiro atoms. The SMILES string of the molecule is FC(F)(F)CCCCNCCOc1ccc(Br)cc1. The predicted octanol–water partition coefficient (Wildman–Crippen LogP) is 4.15. The molecule has 0 bridgehead atoms. The second kappa shape index (κ2) is 8.43. The Hall–Kier alpha value is -0.750. The van der Waals surface area contributed by atoms with E-state index in [4.69, 9.17) is 4.74 Å². The topological polar surface area (TPSA) is 21.3 Å². The van der Waals surface area contributed by atoms with E-state index < -0.39 is 12.6 Å². The molecule has 0 aliphatic rings. The number of hydrogen-bond donors (Lipinski definition) is 1. The van der Waals surface area contributed by atoms with Gasteiger partial charge in [0.15, 0.2) is 0 Å². The van der Waals surface area contributed by atoms with Crippen molar-refractivity contribution in [3.63, 3.8) is 0 Å². The van der Waals surface area contributed by atoms with Gasteiger partial charge in [0.1, 0.15) is 12.4 Å². The molecule has 1 aromatic carbocycles. The van der Waals surface area contributed by atoms with Crippen LogP contribution in [-0.2, 0) is 0 Å². The van der Waals surface area contributed by atoms with Gasteiger partial charge in [-0.05, 0) is 43.7 Å². The van der Waals surface area contributed by atoms with Crippen molar-refractivity contribution >= 4 is 15.9 Å². The lowest BCUT2D eigenvalue weighted by molar-refractivity contribution is -0.135. The van der Waals surface area contributed by atoms with Crippen molar-refractivity contribution < 1.29 is 17.9 Å². The number of halogens is 4. The maximum Gasteiger partial charge on any atom is 0.389 e. The molecule has 1 N–H and O–H groups in total. The number of benzene rings is 1. The fraction of sp³-hybridized carbons (Fsp3) is 0.538. The molecular weight excluding hydrogens is 323 g/mol. The average molecular weight is 340 g/mol. The van der Waals surface area contributed by atoms with Gasteiger partial charge in [-0.25, -0.2) is 0 Å². The van der Waals surface area contributed by atoms with Crippen molar-refractivity contribution in [3.05, 3.63) is 28.7 Å². The van der Waals surface area contributed by atoms with Crippen LogP contribution in [-0.4, -0.2) is 25.9 Å². The summed E-state index contributed by atoms with van der Waals surface area (Å²) in [5.41, 5.74) is 0. The van der Waals surface area contributed by atoms with Crippen LogP contribution >= 0.6 is 15.9 Å². The third kappa shape index (κ3) is 8.88. The first-order valence-corrected chi connectivity index (χ1v) is 6.92. The molecule has 0 heterocycles. The lowest BCUT2D eigenvalue weighted by Crippen LogP contribution is -2.22. The highest BCUT2D eigenvalue weighted by Gasteiger charge is 2.25. The average Bonchev–Trinajstić information content (AvgIpc) is 2.33. The van der Waals surface area contributed by atoms with Crippen LogP contribution in [0.2, 0.25) is 0 Å². The van der Waals surface area contributed by atoms with Crippen molar-refractivity contribution in [1.29, 1.82) is 0 Å². The maximum absolute atomic E-state index is 11.9. The van der Waals surface area contributed by atoms with Crippen LogP contribution < -0.4 is 10.1 Å². The van der Waals surface area contributed by atoms with E-state index in [0.717, 1.165) is 10.2 Å². The van der Waals surface area contributed by atoms with Crippen molar-refractivity contribution in [1.82, 2.24) is 5.32 Å². The van der Waals surface area contributed by atoms with E-state index in [1.807, 2.05) is 24.3 Å². The summed E-state index contributed by atoms with van der Waals surface area (Å²) >= 11 is 3.33. The molecule has 0 aliphatic heterocycles. The highest BCUT2D eigenvalue weighted by Crippen LogP contribution is 2.21. The number of nitrogens with one attached hydrogen (secondary N) is 1. The standard InChI is InChI=1S/C13H17BrF3NO/c14-11-3-5-12(6-4-11)19-10-9-18-8-2-1-7-13(15,16)17/h3-6,18H,1-2,7-10H2. The third-order valence-corrected chi connectivity index (χ3v) is 2.95. The summed E-state index contributed by atoms with van der Waals surface area (Å²) in [6, 6.07) is 7.49. The molecule has 108 valence electrons. The Balaban J connectivity index is 1.95. The Morgan fingerprint density at radius 2 is 1.74 bits per heavy atom. The number of unbranched alkanes of at least 4 members (excludes halogenated alkanes) is 1. The van der Waals surface area contributed by atoms with E-state index in [2.05, 4.69) is 21.2 Å². The molecule has 0 fully saturated rings. The van der Waals surface area contributed by atoms with E-state index in [0.29, 0.717) is 26.1 Å². The minimum Gasteiger partial charge on any atom is -0.492 e. The molecule has 0 aromatic heterocycles. The van der Waals surface area contributed by atoms with Crippen LogP contribution in [0.25, 0.3) is 0 Å². The van der Waals surface area contributed by atoms with Gasteiger partial charge in [0.25, 0.3) is 0 Å². The van der Waals surface area contributed by atoms with E-state index in [1.54, 1.807) is 0 Å². The Labute approximate surface area is 119 Å².